The van der Waals surface area contributed by atoms with Gasteiger partial charge in [0.15, 0.2) is 5.96 Å². The Hall–Kier alpha value is -0.850. The zero-order chi connectivity index (χ0) is 15.3. The van der Waals surface area contributed by atoms with Crippen molar-refractivity contribution < 1.29 is 4.39 Å². The van der Waals surface area contributed by atoms with E-state index in [0.717, 1.165) is 12.8 Å². The van der Waals surface area contributed by atoms with Crippen molar-refractivity contribution in [1.29, 1.82) is 0 Å². The van der Waals surface area contributed by atoms with Gasteiger partial charge in [-0.05, 0) is 44.4 Å². The average molecular weight is 419 g/mol. The summed E-state index contributed by atoms with van der Waals surface area (Å²) in [6.45, 7) is 4.75. The number of benzene rings is 1. The molecular formula is C17H27FIN3. The van der Waals surface area contributed by atoms with E-state index >= 15 is 0 Å². The molecule has 124 valence electrons. The topological polar surface area (TPSA) is 50.4 Å². The summed E-state index contributed by atoms with van der Waals surface area (Å²) in [7, 11) is 0. The number of halogens is 2. The van der Waals surface area contributed by atoms with Gasteiger partial charge in [-0.25, -0.2) is 4.39 Å². The first-order chi connectivity index (χ1) is 10.0. The van der Waals surface area contributed by atoms with Gasteiger partial charge in [-0.1, -0.05) is 31.4 Å². The van der Waals surface area contributed by atoms with E-state index in [0.29, 0.717) is 12.5 Å². The van der Waals surface area contributed by atoms with Crippen LogP contribution in [0.3, 0.4) is 0 Å². The van der Waals surface area contributed by atoms with Gasteiger partial charge in [0.1, 0.15) is 5.82 Å². The van der Waals surface area contributed by atoms with Gasteiger partial charge in [-0.15, -0.1) is 24.0 Å². The predicted molar refractivity (Wildman–Crippen MR) is 101 cm³/mol. The summed E-state index contributed by atoms with van der Waals surface area (Å²) in [4.78, 5) is 4.55. The lowest BCUT2D eigenvalue weighted by molar-refractivity contribution is 0.301. The van der Waals surface area contributed by atoms with E-state index in [4.69, 9.17) is 5.73 Å². The lowest BCUT2D eigenvalue weighted by Gasteiger charge is -2.36. The minimum Gasteiger partial charge on any atom is -0.370 e. The van der Waals surface area contributed by atoms with Crippen LogP contribution in [0.25, 0.3) is 0 Å². The molecule has 1 aliphatic rings. The van der Waals surface area contributed by atoms with Crippen molar-refractivity contribution in [1.82, 2.24) is 5.32 Å². The number of hydrogen-bond donors (Lipinski definition) is 2. The highest BCUT2D eigenvalue weighted by Gasteiger charge is 2.33. The van der Waals surface area contributed by atoms with Crippen molar-refractivity contribution in [2.24, 2.45) is 10.7 Å². The first kappa shape index (κ1) is 19.2. The van der Waals surface area contributed by atoms with Crippen molar-refractivity contribution in [3.05, 3.63) is 35.6 Å². The van der Waals surface area contributed by atoms with Crippen LogP contribution in [-0.2, 0) is 5.41 Å². The van der Waals surface area contributed by atoms with Crippen LogP contribution in [-0.4, -0.2) is 18.5 Å². The van der Waals surface area contributed by atoms with Gasteiger partial charge in [0, 0.05) is 11.5 Å². The zero-order valence-electron chi connectivity index (χ0n) is 13.4. The van der Waals surface area contributed by atoms with Crippen LogP contribution in [0.15, 0.2) is 29.3 Å². The monoisotopic (exact) mass is 419 g/mol. The van der Waals surface area contributed by atoms with Crippen LogP contribution in [0.4, 0.5) is 4.39 Å². The molecule has 1 saturated carbocycles. The summed E-state index contributed by atoms with van der Waals surface area (Å²) in [6, 6.07) is 7.18. The molecule has 0 heterocycles. The van der Waals surface area contributed by atoms with E-state index in [1.807, 2.05) is 26.0 Å². The molecule has 0 spiro atoms. The minimum atomic E-state index is -0.186. The fraction of sp³-hybridized carbons (Fsp3) is 0.588. The Morgan fingerprint density at radius 3 is 2.36 bits per heavy atom. The second kappa shape index (κ2) is 8.70. The predicted octanol–water partition coefficient (Wildman–Crippen LogP) is 3.96. The van der Waals surface area contributed by atoms with Crippen LogP contribution in [0.1, 0.15) is 51.5 Å². The van der Waals surface area contributed by atoms with Crippen molar-refractivity contribution in [3.63, 3.8) is 0 Å². The van der Waals surface area contributed by atoms with Crippen molar-refractivity contribution in [3.8, 4) is 0 Å². The lowest BCUT2D eigenvalue weighted by atomic mass is 9.69. The van der Waals surface area contributed by atoms with Crippen LogP contribution in [0, 0.1) is 5.82 Å². The summed E-state index contributed by atoms with van der Waals surface area (Å²) in [5, 5.41) is 3.13. The number of rotatable bonds is 4. The van der Waals surface area contributed by atoms with Crippen LogP contribution < -0.4 is 11.1 Å². The molecular weight excluding hydrogens is 392 g/mol. The minimum absolute atomic E-state index is 0. The molecule has 2 rings (SSSR count). The van der Waals surface area contributed by atoms with Gasteiger partial charge in [0.2, 0.25) is 0 Å². The van der Waals surface area contributed by atoms with E-state index in [-0.39, 0.29) is 41.3 Å². The first-order valence-corrected chi connectivity index (χ1v) is 7.84. The maximum atomic E-state index is 13.2. The quantitative estimate of drug-likeness (QED) is 0.441. The molecule has 1 aromatic rings. The molecule has 1 aromatic carbocycles. The molecule has 0 aliphatic heterocycles. The van der Waals surface area contributed by atoms with Crippen LogP contribution in [0.2, 0.25) is 0 Å². The number of nitrogens with two attached hydrogens (primary N) is 1. The number of hydrogen-bond acceptors (Lipinski definition) is 1. The van der Waals surface area contributed by atoms with E-state index in [1.54, 1.807) is 12.1 Å². The summed E-state index contributed by atoms with van der Waals surface area (Å²) in [5.41, 5.74) is 7.13. The van der Waals surface area contributed by atoms with Gasteiger partial charge >= 0.3 is 0 Å². The molecule has 0 bridgehead atoms. The molecule has 0 aromatic heterocycles. The van der Waals surface area contributed by atoms with Crippen LogP contribution in [0.5, 0.6) is 0 Å². The molecule has 1 aliphatic carbocycles. The maximum Gasteiger partial charge on any atom is 0.188 e. The van der Waals surface area contributed by atoms with Gasteiger partial charge in [-0.3, -0.25) is 4.99 Å². The fourth-order valence-electron chi connectivity index (χ4n) is 3.15. The third-order valence-corrected chi connectivity index (χ3v) is 4.26. The van der Waals surface area contributed by atoms with Crippen molar-refractivity contribution in [2.45, 2.75) is 57.4 Å². The second-order valence-electron chi connectivity index (χ2n) is 6.35. The standard InChI is InChI=1S/C17H26FN3.HI/c1-13(2)21-16(19)20-12-17(10-4-3-5-11-17)14-6-8-15(18)9-7-14;/h6-9,13H,3-5,10-12H2,1-2H3,(H3,19,20,21);1H. The molecule has 1 fully saturated rings. The smallest absolute Gasteiger partial charge is 0.188 e. The Morgan fingerprint density at radius 1 is 1.23 bits per heavy atom. The van der Waals surface area contributed by atoms with E-state index in [9.17, 15) is 4.39 Å². The molecule has 0 saturated heterocycles. The first-order valence-electron chi connectivity index (χ1n) is 7.84. The van der Waals surface area contributed by atoms with Gasteiger partial charge in [-0.2, -0.15) is 0 Å². The molecule has 0 radical (unpaired) electrons. The Bertz CT molecular complexity index is 479. The fourth-order valence-corrected chi connectivity index (χ4v) is 3.15. The lowest BCUT2D eigenvalue weighted by Crippen LogP contribution is -2.39. The Kier molecular flexibility index (Phi) is 7.59. The van der Waals surface area contributed by atoms with Gasteiger partial charge in [0.05, 0.1) is 6.54 Å². The molecule has 3 N–H and O–H groups in total. The average Bonchev–Trinajstić information content (AvgIpc) is 2.46. The zero-order valence-corrected chi connectivity index (χ0v) is 15.8. The molecule has 22 heavy (non-hydrogen) atoms. The normalized spacial score (nSPS) is 17.9. The number of nitrogens with zero attached hydrogens (tertiary/aromatic N) is 1. The maximum absolute atomic E-state index is 13.2. The largest absolute Gasteiger partial charge is 0.370 e. The third kappa shape index (κ3) is 5.11. The SMILES string of the molecule is CC(C)NC(N)=NCC1(c2ccc(F)cc2)CCCCC1.I. The molecule has 0 amide bonds. The molecule has 0 atom stereocenters. The molecule has 3 nitrogen and oxygen atoms in total. The third-order valence-electron chi connectivity index (χ3n) is 4.26. The van der Waals surface area contributed by atoms with Crippen LogP contribution >= 0.6 is 24.0 Å². The number of guanidine groups is 1. The van der Waals surface area contributed by atoms with E-state index < -0.39 is 0 Å². The second-order valence-corrected chi connectivity index (χ2v) is 6.35. The molecule has 0 unspecified atom stereocenters. The Labute approximate surface area is 150 Å². The molecule has 5 heteroatoms. The van der Waals surface area contributed by atoms with Crippen molar-refractivity contribution >= 4 is 29.9 Å². The van der Waals surface area contributed by atoms with Crippen molar-refractivity contribution in [2.75, 3.05) is 6.54 Å². The van der Waals surface area contributed by atoms with E-state index in [2.05, 4.69) is 10.3 Å². The van der Waals surface area contributed by atoms with Gasteiger partial charge in [0.25, 0.3) is 0 Å². The Morgan fingerprint density at radius 2 is 1.82 bits per heavy atom. The number of nitrogens with one attached hydrogen (secondary N) is 1. The summed E-state index contributed by atoms with van der Waals surface area (Å²) < 4.78 is 13.2. The highest BCUT2D eigenvalue weighted by Crippen LogP contribution is 2.39. The highest BCUT2D eigenvalue weighted by molar-refractivity contribution is 14.0. The Balaban J connectivity index is 0.00000242. The summed E-state index contributed by atoms with van der Waals surface area (Å²) in [6.07, 6.45) is 5.86. The summed E-state index contributed by atoms with van der Waals surface area (Å²) >= 11 is 0. The van der Waals surface area contributed by atoms with E-state index in [1.165, 1.54) is 24.8 Å². The summed E-state index contributed by atoms with van der Waals surface area (Å²) in [5.74, 6) is 0.311. The highest BCUT2D eigenvalue weighted by atomic mass is 127. The van der Waals surface area contributed by atoms with Gasteiger partial charge < -0.3 is 11.1 Å². The number of aliphatic imine (C=N–C) groups is 1.